The Hall–Kier alpha value is -0.610. The van der Waals surface area contributed by atoms with E-state index in [1.807, 2.05) is 6.07 Å². The number of hydrogen-bond donors (Lipinski definition) is 1. The fourth-order valence-electron chi connectivity index (χ4n) is 0.876. The van der Waals surface area contributed by atoms with E-state index in [4.69, 9.17) is 0 Å². The average molecular weight is 197 g/mol. The molecule has 3 nitrogen and oxygen atoms in total. The van der Waals surface area contributed by atoms with E-state index in [1.165, 1.54) is 6.42 Å². The largest absolute Gasteiger partial charge is 0.316 e. The van der Waals surface area contributed by atoms with E-state index >= 15 is 0 Å². The van der Waals surface area contributed by atoms with Crippen molar-refractivity contribution in [3.05, 3.63) is 18.5 Å². The van der Waals surface area contributed by atoms with Crippen LogP contribution in [0, 0.1) is 0 Å². The minimum absolute atomic E-state index is 0.862. The van der Waals surface area contributed by atoms with Crippen LogP contribution in [0.2, 0.25) is 0 Å². The highest BCUT2D eigenvalue weighted by Gasteiger charge is 1.93. The number of nitrogens with zero attached hydrogens (tertiary/aromatic N) is 2. The second-order valence-electron chi connectivity index (χ2n) is 2.63. The Bertz CT molecular complexity index is 215. The molecule has 0 unspecified atom stereocenters. The molecule has 4 heteroatoms. The van der Waals surface area contributed by atoms with Gasteiger partial charge < -0.3 is 5.32 Å². The predicted octanol–water partition coefficient (Wildman–Crippen LogP) is 1.57. The minimum Gasteiger partial charge on any atom is -0.316 e. The smallest absolute Gasteiger partial charge is 0.187 e. The molecule has 1 aromatic rings. The first-order valence-corrected chi connectivity index (χ1v) is 5.52. The second kappa shape index (κ2) is 6.86. The van der Waals surface area contributed by atoms with Gasteiger partial charge in [0.05, 0.1) is 0 Å². The Morgan fingerprint density at radius 3 is 2.77 bits per heavy atom. The van der Waals surface area contributed by atoms with Crippen LogP contribution < -0.4 is 5.32 Å². The molecule has 1 aromatic heterocycles. The van der Waals surface area contributed by atoms with Crippen LogP contribution in [0.5, 0.6) is 0 Å². The van der Waals surface area contributed by atoms with Gasteiger partial charge in [-0.1, -0.05) is 18.7 Å². The summed E-state index contributed by atoms with van der Waals surface area (Å²) in [6, 6.07) is 1.83. The Labute approximate surface area is 83.4 Å². The first-order valence-electron chi connectivity index (χ1n) is 4.54. The maximum atomic E-state index is 4.12. The highest BCUT2D eigenvalue weighted by molar-refractivity contribution is 7.99. The van der Waals surface area contributed by atoms with Gasteiger partial charge in [-0.2, -0.15) is 0 Å². The summed E-state index contributed by atoms with van der Waals surface area (Å²) < 4.78 is 0. The van der Waals surface area contributed by atoms with E-state index in [1.54, 1.807) is 24.2 Å². The van der Waals surface area contributed by atoms with E-state index in [9.17, 15) is 0 Å². The Morgan fingerprint density at radius 2 is 2.08 bits per heavy atom. The molecule has 0 aliphatic rings. The SMILES string of the molecule is CCCNCCSc1ncccn1. The maximum absolute atomic E-state index is 4.12. The molecular formula is C9H15N3S. The number of rotatable bonds is 6. The van der Waals surface area contributed by atoms with Crippen molar-refractivity contribution in [1.82, 2.24) is 15.3 Å². The lowest BCUT2D eigenvalue weighted by atomic mass is 10.5. The molecule has 0 spiro atoms. The third kappa shape index (κ3) is 4.85. The van der Waals surface area contributed by atoms with Crippen molar-refractivity contribution in [3.63, 3.8) is 0 Å². The molecule has 1 N–H and O–H groups in total. The number of aromatic nitrogens is 2. The molecule has 0 amide bonds. The summed E-state index contributed by atoms with van der Waals surface area (Å²) in [5, 5.41) is 4.19. The van der Waals surface area contributed by atoms with Crippen molar-refractivity contribution in [2.75, 3.05) is 18.8 Å². The van der Waals surface area contributed by atoms with Crippen LogP contribution in [0.25, 0.3) is 0 Å². The topological polar surface area (TPSA) is 37.8 Å². The van der Waals surface area contributed by atoms with Crippen LogP contribution in [0.15, 0.2) is 23.6 Å². The van der Waals surface area contributed by atoms with Gasteiger partial charge in [-0.25, -0.2) is 9.97 Å². The van der Waals surface area contributed by atoms with Crippen molar-refractivity contribution in [2.24, 2.45) is 0 Å². The van der Waals surface area contributed by atoms with E-state index < -0.39 is 0 Å². The van der Waals surface area contributed by atoms with E-state index in [2.05, 4.69) is 22.2 Å². The van der Waals surface area contributed by atoms with Gasteiger partial charge in [-0.05, 0) is 19.0 Å². The van der Waals surface area contributed by atoms with Crippen molar-refractivity contribution >= 4 is 11.8 Å². The van der Waals surface area contributed by atoms with Crippen molar-refractivity contribution < 1.29 is 0 Å². The summed E-state index contributed by atoms with van der Waals surface area (Å²) in [6.45, 7) is 4.29. The van der Waals surface area contributed by atoms with Gasteiger partial charge >= 0.3 is 0 Å². The molecule has 1 rings (SSSR count). The average Bonchev–Trinajstić information content (AvgIpc) is 2.19. The van der Waals surface area contributed by atoms with Crippen LogP contribution in [0.1, 0.15) is 13.3 Å². The predicted molar refractivity (Wildman–Crippen MR) is 55.9 cm³/mol. The molecule has 1 heterocycles. The molecule has 0 bridgehead atoms. The highest BCUT2D eigenvalue weighted by atomic mass is 32.2. The summed E-state index contributed by atoms with van der Waals surface area (Å²) in [4.78, 5) is 8.24. The van der Waals surface area contributed by atoms with Crippen LogP contribution in [0.4, 0.5) is 0 Å². The number of hydrogen-bond acceptors (Lipinski definition) is 4. The van der Waals surface area contributed by atoms with E-state index in [0.717, 1.165) is 24.0 Å². The van der Waals surface area contributed by atoms with E-state index in [0.29, 0.717) is 0 Å². The summed E-state index contributed by atoms with van der Waals surface area (Å²) in [5.41, 5.74) is 0. The van der Waals surface area contributed by atoms with Crippen LogP contribution in [0.3, 0.4) is 0 Å². The van der Waals surface area contributed by atoms with Crippen LogP contribution in [-0.2, 0) is 0 Å². The van der Waals surface area contributed by atoms with Crippen molar-refractivity contribution in [1.29, 1.82) is 0 Å². The number of thioether (sulfide) groups is 1. The van der Waals surface area contributed by atoms with Gasteiger partial charge in [0.15, 0.2) is 5.16 Å². The van der Waals surface area contributed by atoms with E-state index in [-0.39, 0.29) is 0 Å². The van der Waals surface area contributed by atoms with Crippen LogP contribution >= 0.6 is 11.8 Å². The Kier molecular flexibility index (Phi) is 5.52. The molecule has 0 aliphatic carbocycles. The molecule has 0 fully saturated rings. The lowest BCUT2D eigenvalue weighted by Crippen LogP contribution is -2.17. The molecule has 0 atom stereocenters. The molecule has 72 valence electrons. The quantitative estimate of drug-likeness (QED) is 0.427. The summed E-state index contributed by atoms with van der Waals surface area (Å²) in [6.07, 6.45) is 4.73. The summed E-state index contributed by atoms with van der Waals surface area (Å²) in [5.74, 6) is 1.03. The van der Waals surface area contributed by atoms with Gasteiger partial charge in [0.25, 0.3) is 0 Å². The third-order valence-corrected chi connectivity index (χ3v) is 2.36. The molecular weight excluding hydrogens is 182 g/mol. The van der Waals surface area contributed by atoms with Gasteiger partial charge in [-0.15, -0.1) is 0 Å². The second-order valence-corrected chi connectivity index (χ2v) is 3.69. The lowest BCUT2D eigenvalue weighted by molar-refractivity contribution is 0.707. The fraction of sp³-hybridized carbons (Fsp3) is 0.556. The highest BCUT2D eigenvalue weighted by Crippen LogP contribution is 2.08. The molecule has 13 heavy (non-hydrogen) atoms. The summed E-state index contributed by atoms with van der Waals surface area (Å²) in [7, 11) is 0. The first kappa shape index (κ1) is 10.5. The standard InChI is InChI=1S/C9H15N3S/c1-2-4-10-7-8-13-9-11-5-3-6-12-9/h3,5-6,10H,2,4,7-8H2,1H3. The Balaban J connectivity index is 2.07. The maximum Gasteiger partial charge on any atom is 0.187 e. The zero-order chi connectivity index (χ0) is 9.36. The van der Waals surface area contributed by atoms with Gasteiger partial charge in [0.1, 0.15) is 0 Å². The van der Waals surface area contributed by atoms with Gasteiger partial charge in [-0.3, -0.25) is 0 Å². The molecule has 0 saturated heterocycles. The zero-order valence-electron chi connectivity index (χ0n) is 7.86. The molecule has 0 aromatic carbocycles. The normalized spacial score (nSPS) is 10.2. The van der Waals surface area contributed by atoms with Gasteiger partial charge in [0.2, 0.25) is 0 Å². The van der Waals surface area contributed by atoms with Crippen molar-refractivity contribution in [3.8, 4) is 0 Å². The monoisotopic (exact) mass is 197 g/mol. The summed E-state index contributed by atoms with van der Waals surface area (Å²) >= 11 is 1.69. The molecule has 0 radical (unpaired) electrons. The third-order valence-electron chi connectivity index (χ3n) is 1.48. The first-order chi connectivity index (χ1) is 6.43. The lowest BCUT2D eigenvalue weighted by Gasteiger charge is -2.01. The van der Waals surface area contributed by atoms with Crippen LogP contribution in [-0.4, -0.2) is 28.8 Å². The minimum atomic E-state index is 0.862. The zero-order valence-corrected chi connectivity index (χ0v) is 8.68. The fourth-order valence-corrected chi connectivity index (χ4v) is 1.58. The van der Waals surface area contributed by atoms with Gasteiger partial charge in [0, 0.05) is 24.7 Å². The molecule has 0 aliphatic heterocycles. The number of nitrogens with one attached hydrogen (secondary N) is 1. The Morgan fingerprint density at radius 1 is 1.31 bits per heavy atom. The molecule has 0 saturated carbocycles. The van der Waals surface area contributed by atoms with Crippen molar-refractivity contribution in [2.45, 2.75) is 18.5 Å².